The number of carbonyl (C=O) groups is 1. The summed E-state index contributed by atoms with van der Waals surface area (Å²) in [5.41, 5.74) is 10.3. The normalized spacial score (nSPS) is 15.9. The van der Waals surface area contributed by atoms with Crippen molar-refractivity contribution in [1.29, 1.82) is 0 Å². The SMILES string of the molecule is NC(CF)CC[C@@H](N)C(=O)O. The number of rotatable bonds is 5. The van der Waals surface area contributed by atoms with E-state index in [1.54, 1.807) is 0 Å². The molecule has 0 aliphatic carbocycles. The standard InChI is InChI=1S/C6H13FN2O2/c7-3-4(8)1-2-5(9)6(10)11/h4-5H,1-3,8-9H2,(H,10,11)/t4?,5-/m1/s1. The van der Waals surface area contributed by atoms with Gasteiger partial charge in [-0.25, -0.2) is 4.39 Å². The van der Waals surface area contributed by atoms with Gasteiger partial charge in [0.25, 0.3) is 0 Å². The highest BCUT2D eigenvalue weighted by Crippen LogP contribution is 1.98. The Bertz CT molecular complexity index is 132. The van der Waals surface area contributed by atoms with Crippen LogP contribution in [0.4, 0.5) is 4.39 Å². The highest BCUT2D eigenvalue weighted by molar-refractivity contribution is 5.72. The van der Waals surface area contributed by atoms with Gasteiger partial charge in [-0.2, -0.15) is 0 Å². The molecule has 2 atom stereocenters. The van der Waals surface area contributed by atoms with Crippen LogP contribution in [0.1, 0.15) is 12.8 Å². The molecule has 0 fully saturated rings. The van der Waals surface area contributed by atoms with E-state index in [-0.39, 0.29) is 6.42 Å². The zero-order valence-corrected chi connectivity index (χ0v) is 6.16. The lowest BCUT2D eigenvalue weighted by molar-refractivity contribution is -0.138. The van der Waals surface area contributed by atoms with Gasteiger partial charge in [-0.15, -0.1) is 0 Å². The average molecular weight is 164 g/mol. The van der Waals surface area contributed by atoms with Crippen molar-refractivity contribution in [3.63, 3.8) is 0 Å². The predicted molar refractivity (Wildman–Crippen MR) is 38.8 cm³/mol. The molecule has 0 radical (unpaired) electrons. The second-order valence-corrected chi connectivity index (χ2v) is 2.44. The molecule has 0 rings (SSSR count). The minimum atomic E-state index is -1.07. The second-order valence-electron chi connectivity index (χ2n) is 2.44. The molecule has 0 aromatic heterocycles. The molecule has 4 nitrogen and oxygen atoms in total. The first-order valence-corrected chi connectivity index (χ1v) is 3.38. The third-order valence-corrected chi connectivity index (χ3v) is 1.36. The predicted octanol–water partition coefficient (Wildman–Crippen LogP) is -0.525. The zero-order valence-electron chi connectivity index (χ0n) is 6.16. The van der Waals surface area contributed by atoms with Gasteiger partial charge in [0.15, 0.2) is 0 Å². The molecule has 0 saturated carbocycles. The molecule has 0 aliphatic heterocycles. The minimum absolute atomic E-state index is 0.223. The molecule has 66 valence electrons. The number of alkyl halides is 1. The molecule has 5 heteroatoms. The Labute approximate surface area is 64.4 Å². The van der Waals surface area contributed by atoms with E-state index in [1.807, 2.05) is 0 Å². The monoisotopic (exact) mass is 164 g/mol. The molecule has 5 N–H and O–H groups in total. The van der Waals surface area contributed by atoms with Gasteiger partial charge in [-0.3, -0.25) is 4.79 Å². The fourth-order valence-electron chi connectivity index (χ4n) is 0.594. The van der Waals surface area contributed by atoms with E-state index in [4.69, 9.17) is 16.6 Å². The third-order valence-electron chi connectivity index (χ3n) is 1.36. The van der Waals surface area contributed by atoms with Crippen molar-refractivity contribution in [2.75, 3.05) is 6.67 Å². The Morgan fingerprint density at radius 2 is 2.00 bits per heavy atom. The van der Waals surface area contributed by atoms with E-state index < -0.39 is 24.7 Å². The Balaban J connectivity index is 3.45. The van der Waals surface area contributed by atoms with Crippen LogP contribution in [0.15, 0.2) is 0 Å². The molecule has 0 bridgehead atoms. The second kappa shape index (κ2) is 5.03. The van der Waals surface area contributed by atoms with E-state index >= 15 is 0 Å². The van der Waals surface area contributed by atoms with Gasteiger partial charge in [-0.05, 0) is 12.8 Å². The quantitative estimate of drug-likeness (QED) is 0.509. The number of hydrogen-bond acceptors (Lipinski definition) is 3. The molecule has 1 unspecified atom stereocenters. The summed E-state index contributed by atoms with van der Waals surface area (Å²) in [6.45, 7) is -0.633. The summed E-state index contributed by atoms with van der Waals surface area (Å²) in [4.78, 5) is 10.1. The van der Waals surface area contributed by atoms with Crippen molar-refractivity contribution in [2.45, 2.75) is 24.9 Å². The molecule has 0 spiro atoms. The highest BCUT2D eigenvalue weighted by Gasteiger charge is 2.12. The first kappa shape index (κ1) is 10.3. The molecule has 0 saturated heterocycles. The van der Waals surface area contributed by atoms with Crippen molar-refractivity contribution in [3.05, 3.63) is 0 Å². The van der Waals surface area contributed by atoms with Crippen molar-refractivity contribution in [2.24, 2.45) is 11.5 Å². The summed E-state index contributed by atoms with van der Waals surface area (Å²) in [7, 11) is 0. The van der Waals surface area contributed by atoms with Crippen LogP contribution in [0, 0.1) is 0 Å². The number of aliphatic carboxylic acids is 1. The molecule has 0 heterocycles. The maximum absolute atomic E-state index is 11.7. The van der Waals surface area contributed by atoms with Crippen LogP contribution in [0.2, 0.25) is 0 Å². The first-order valence-electron chi connectivity index (χ1n) is 3.38. The van der Waals surface area contributed by atoms with E-state index in [9.17, 15) is 9.18 Å². The van der Waals surface area contributed by atoms with Crippen LogP contribution >= 0.6 is 0 Å². The zero-order chi connectivity index (χ0) is 8.85. The van der Waals surface area contributed by atoms with Crippen LogP contribution in [-0.4, -0.2) is 29.8 Å². The number of hydrogen-bond donors (Lipinski definition) is 3. The van der Waals surface area contributed by atoms with Gasteiger partial charge in [0.2, 0.25) is 0 Å². The van der Waals surface area contributed by atoms with Gasteiger partial charge in [0.1, 0.15) is 12.7 Å². The number of carboxylic acid groups (broad SMARTS) is 1. The van der Waals surface area contributed by atoms with Crippen LogP contribution in [-0.2, 0) is 4.79 Å². The Kier molecular flexibility index (Phi) is 4.72. The fraction of sp³-hybridized carbons (Fsp3) is 0.833. The van der Waals surface area contributed by atoms with Crippen molar-refractivity contribution in [1.82, 2.24) is 0 Å². The largest absolute Gasteiger partial charge is 0.480 e. The van der Waals surface area contributed by atoms with Crippen molar-refractivity contribution in [3.8, 4) is 0 Å². The first-order chi connectivity index (χ1) is 5.07. The molecular weight excluding hydrogens is 151 g/mol. The Hall–Kier alpha value is -0.680. The lowest BCUT2D eigenvalue weighted by atomic mass is 10.1. The highest BCUT2D eigenvalue weighted by atomic mass is 19.1. The van der Waals surface area contributed by atoms with E-state index in [2.05, 4.69) is 0 Å². The van der Waals surface area contributed by atoms with E-state index in [0.717, 1.165) is 0 Å². The van der Waals surface area contributed by atoms with Gasteiger partial charge < -0.3 is 16.6 Å². The summed E-state index contributed by atoms with van der Waals surface area (Å²) in [6, 6.07) is -1.51. The molecule has 0 aliphatic rings. The Morgan fingerprint density at radius 1 is 1.45 bits per heavy atom. The van der Waals surface area contributed by atoms with Crippen molar-refractivity contribution >= 4 is 5.97 Å². The number of halogens is 1. The maximum Gasteiger partial charge on any atom is 0.320 e. The Morgan fingerprint density at radius 3 is 2.36 bits per heavy atom. The summed E-state index contributed by atoms with van der Waals surface area (Å²) in [5, 5.41) is 8.31. The minimum Gasteiger partial charge on any atom is -0.480 e. The molecular formula is C6H13FN2O2. The number of carboxylic acids is 1. The van der Waals surface area contributed by atoms with Crippen LogP contribution < -0.4 is 11.5 Å². The smallest absolute Gasteiger partial charge is 0.320 e. The molecule has 0 amide bonds. The van der Waals surface area contributed by atoms with Crippen molar-refractivity contribution < 1.29 is 14.3 Å². The summed E-state index contributed by atoms with van der Waals surface area (Å²) in [5.74, 6) is -1.07. The summed E-state index contributed by atoms with van der Waals surface area (Å²) in [6.07, 6.45) is 0.532. The lowest BCUT2D eigenvalue weighted by Crippen LogP contribution is -2.33. The topological polar surface area (TPSA) is 89.3 Å². The maximum atomic E-state index is 11.7. The summed E-state index contributed by atoms with van der Waals surface area (Å²) >= 11 is 0. The lowest BCUT2D eigenvalue weighted by Gasteiger charge is -2.08. The van der Waals surface area contributed by atoms with Gasteiger partial charge in [0.05, 0.1) is 0 Å². The van der Waals surface area contributed by atoms with Gasteiger partial charge >= 0.3 is 5.97 Å². The van der Waals surface area contributed by atoms with Gasteiger partial charge in [0, 0.05) is 6.04 Å². The molecule has 11 heavy (non-hydrogen) atoms. The summed E-state index contributed by atoms with van der Waals surface area (Å²) < 4.78 is 11.7. The van der Waals surface area contributed by atoms with E-state index in [1.165, 1.54) is 0 Å². The average Bonchev–Trinajstić information content (AvgIpc) is 1.99. The fourth-order valence-corrected chi connectivity index (χ4v) is 0.594. The third kappa shape index (κ3) is 4.69. The molecule has 0 aromatic rings. The van der Waals surface area contributed by atoms with Crippen LogP contribution in [0.25, 0.3) is 0 Å². The van der Waals surface area contributed by atoms with E-state index in [0.29, 0.717) is 6.42 Å². The van der Waals surface area contributed by atoms with Gasteiger partial charge in [-0.1, -0.05) is 0 Å². The van der Waals surface area contributed by atoms with Crippen LogP contribution in [0.3, 0.4) is 0 Å². The van der Waals surface area contributed by atoms with Crippen LogP contribution in [0.5, 0.6) is 0 Å². The number of nitrogens with two attached hydrogens (primary N) is 2. The molecule has 0 aromatic carbocycles.